The Hall–Kier alpha value is -2.30. The van der Waals surface area contributed by atoms with Crippen molar-refractivity contribution in [2.75, 3.05) is 20.0 Å². The van der Waals surface area contributed by atoms with Gasteiger partial charge >= 0.3 is 0 Å². The van der Waals surface area contributed by atoms with Crippen molar-refractivity contribution in [1.29, 1.82) is 0 Å². The van der Waals surface area contributed by atoms with Crippen LogP contribution in [0.5, 0.6) is 11.5 Å². The van der Waals surface area contributed by atoms with E-state index in [0.717, 1.165) is 22.6 Å². The third-order valence-corrected chi connectivity index (χ3v) is 2.83. The predicted octanol–water partition coefficient (Wildman–Crippen LogP) is 2.36. The predicted molar refractivity (Wildman–Crippen MR) is 74.5 cm³/mol. The van der Waals surface area contributed by atoms with E-state index in [2.05, 4.69) is 9.97 Å². The summed E-state index contributed by atoms with van der Waals surface area (Å²) in [6.45, 7) is 3.83. The normalized spacial score (nSPS) is 10.3. The molecule has 0 bridgehead atoms. The van der Waals surface area contributed by atoms with Gasteiger partial charge in [0.05, 0.1) is 19.8 Å². The third kappa shape index (κ3) is 2.59. The first-order valence-corrected chi connectivity index (χ1v) is 5.89. The van der Waals surface area contributed by atoms with Gasteiger partial charge in [-0.1, -0.05) is 0 Å². The SMILES string of the molecule is COc1cc(-c2nc(C)cc(N)n2)c(OC)cc1C. The van der Waals surface area contributed by atoms with Crippen LogP contribution in [-0.2, 0) is 0 Å². The van der Waals surface area contributed by atoms with Crippen LogP contribution in [0.3, 0.4) is 0 Å². The summed E-state index contributed by atoms with van der Waals surface area (Å²) >= 11 is 0. The Bertz CT molecular complexity index is 592. The molecule has 0 saturated carbocycles. The first-order chi connectivity index (χ1) is 9.05. The first-order valence-electron chi connectivity index (χ1n) is 5.89. The number of methoxy groups -OCH3 is 2. The lowest BCUT2D eigenvalue weighted by Gasteiger charge is -2.12. The fourth-order valence-electron chi connectivity index (χ4n) is 1.94. The molecule has 5 nitrogen and oxygen atoms in total. The van der Waals surface area contributed by atoms with Crippen LogP contribution in [-0.4, -0.2) is 24.2 Å². The van der Waals surface area contributed by atoms with Crippen LogP contribution in [0, 0.1) is 13.8 Å². The number of benzene rings is 1. The van der Waals surface area contributed by atoms with Gasteiger partial charge in [-0.3, -0.25) is 0 Å². The molecular formula is C14H17N3O2. The van der Waals surface area contributed by atoms with Gasteiger partial charge in [-0.05, 0) is 31.5 Å². The van der Waals surface area contributed by atoms with Crippen molar-refractivity contribution in [3.05, 3.63) is 29.5 Å². The van der Waals surface area contributed by atoms with E-state index < -0.39 is 0 Å². The number of aryl methyl sites for hydroxylation is 2. The first kappa shape index (κ1) is 13.1. The monoisotopic (exact) mass is 259 g/mol. The van der Waals surface area contributed by atoms with Crippen LogP contribution in [0.2, 0.25) is 0 Å². The van der Waals surface area contributed by atoms with Crippen LogP contribution in [0.15, 0.2) is 18.2 Å². The summed E-state index contributed by atoms with van der Waals surface area (Å²) in [5, 5.41) is 0. The summed E-state index contributed by atoms with van der Waals surface area (Å²) in [6, 6.07) is 5.49. The number of nitrogens with zero attached hydrogens (tertiary/aromatic N) is 2. The number of aromatic nitrogens is 2. The van der Waals surface area contributed by atoms with Gasteiger partial charge in [0, 0.05) is 11.8 Å². The largest absolute Gasteiger partial charge is 0.496 e. The van der Waals surface area contributed by atoms with Crippen LogP contribution in [0.25, 0.3) is 11.4 Å². The number of anilines is 1. The van der Waals surface area contributed by atoms with Gasteiger partial charge < -0.3 is 15.2 Å². The van der Waals surface area contributed by atoms with E-state index in [9.17, 15) is 0 Å². The summed E-state index contributed by atoms with van der Waals surface area (Å²) < 4.78 is 10.7. The fraction of sp³-hybridized carbons (Fsp3) is 0.286. The molecule has 5 heteroatoms. The van der Waals surface area contributed by atoms with Crippen molar-refractivity contribution < 1.29 is 9.47 Å². The molecule has 0 amide bonds. The van der Waals surface area contributed by atoms with E-state index in [1.165, 1.54) is 0 Å². The molecule has 0 radical (unpaired) electrons. The van der Waals surface area contributed by atoms with Crippen molar-refractivity contribution in [2.24, 2.45) is 0 Å². The molecule has 0 aliphatic rings. The number of rotatable bonds is 3. The smallest absolute Gasteiger partial charge is 0.165 e. The number of hydrogen-bond acceptors (Lipinski definition) is 5. The average Bonchev–Trinajstić information content (AvgIpc) is 2.37. The second kappa shape index (κ2) is 5.14. The Morgan fingerprint density at radius 3 is 2.21 bits per heavy atom. The zero-order chi connectivity index (χ0) is 14.0. The zero-order valence-electron chi connectivity index (χ0n) is 11.5. The van der Waals surface area contributed by atoms with E-state index in [0.29, 0.717) is 17.4 Å². The van der Waals surface area contributed by atoms with Gasteiger partial charge in [0.2, 0.25) is 0 Å². The number of nitrogens with two attached hydrogens (primary N) is 1. The second-order valence-corrected chi connectivity index (χ2v) is 4.28. The van der Waals surface area contributed by atoms with Gasteiger partial charge in [0.25, 0.3) is 0 Å². The highest BCUT2D eigenvalue weighted by Crippen LogP contribution is 2.34. The lowest BCUT2D eigenvalue weighted by atomic mass is 10.1. The topological polar surface area (TPSA) is 70.3 Å². The van der Waals surface area contributed by atoms with E-state index in [1.807, 2.05) is 26.0 Å². The van der Waals surface area contributed by atoms with Crippen molar-refractivity contribution in [3.8, 4) is 22.9 Å². The molecule has 100 valence electrons. The molecule has 2 N–H and O–H groups in total. The standard InChI is InChI=1S/C14H17N3O2/c1-8-5-12(19-4)10(7-11(8)18-3)14-16-9(2)6-13(15)17-14/h5-7H,1-4H3,(H2,15,16,17). The van der Waals surface area contributed by atoms with Gasteiger partial charge in [-0.15, -0.1) is 0 Å². The van der Waals surface area contributed by atoms with Crippen LogP contribution in [0.4, 0.5) is 5.82 Å². The highest BCUT2D eigenvalue weighted by Gasteiger charge is 2.13. The molecule has 1 aromatic carbocycles. The molecule has 19 heavy (non-hydrogen) atoms. The van der Waals surface area contributed by atoms with E-state index in [-0.39, 0.29) is 0 Å². The quantitative estimate of drug-likeness (QED) is 0.916. The summed E-state index contributed by atoms with van der Waals surface area (Å²) in [5.41, 5.74) is 8.33. The Morgan fingerprint density at radius 2 is 1.63 bits per heavy atom. The maximum atomic E-state index is 5.77. The molecule has 0 aliphatic carbocycles. The van der Waals surface area contributed by atoms with Crippen LogP contribution in [0.1, 0.15) is 11.3 Å². The number of hydrogen-bond donors (Lipinski definition) is 1. The molecule has 0 unspecified atom stereocenters. The molecule has 0 atom stereocenters. The minimum absolute atomic E-state index is 0.434. The molecule has 1 heterocycles. The Labute approximate surface area is 112 Å². The molecule has 0 spiro atoms. The summed E-state index contributed by atoms with van der Waals surface area (Å²) in [7, 11) is 3.24. The van der Waals surface area contributed by atoms with Gasteiger partial charge in [-0.25, -0.2) is 9.97 Å². The Balaban J connectivity index is 2.65. The van der Waals surface area contributed by atoms with Crippen LogP contribution >= 0.6 is 0 Å². The molecule has 0 aliphatic heterocycles. The molecule has 0 saturated heterocycles. The highest BCUT2D eigenvalue weighted by molar-refractivity contribution is 5.68. The van der Waals surface area contributed by atoms with Gasteiger partial charge in [0.15, 0.2) is 5.82 Å². The van der Waals surface area contributed by atoms with E-state index in [4.69, 9.17) is 15.2 Å². The van der Waals surface area contributed by atoms with Crippen molar-refractivity contribution in [2.45, 2.75) is 13.8 Å². The molecule has 1 aromatic heterocycles. The summed E-state index contributed by atoms with van der Waals surface area (Å²) in [6.07, 6.45) is 0. The minimum Gasteiger partial charge on any atom is -0.496 e. The summed E-state index contributed by atoms with van der Waals surface area (Å²) in [5.74, 6) is 2.43. The van der Waals surface area contributed by atoms with E-state index >= 15 is 0 Å². The maximum absolute atomic E-state index is 5.77. The third-order valence-electron chi connectivity index (χ3n) is 2.83. The maximum Gasteiger partial charge on any atom is 0.165 e. The van der Waals surface area contributed by atoms with Crippen LogP contribution < -0.4 is 15.2 Å². The van der Waals surface area contributed by atoms with Crippen molar-refractivity contribution >= 4 is 5.82 Å². The van der Waals surface area contributed by atoms with Crippen molar-refractivity contribution in [1.82, 2.24) is 9.97 Å². The molecule has 2 aromatic rings. The van der Waals surface area contributed by atoms with Gasteiger partial charge in [-0.2, -0.15) is 0 Å². The Kier molecular flexibility index (Phi) is 3.55. The van der Waals surface area contributed by atoms with Crippen molar-refractivity contribution in [3.63, 3.8) is 0 Å². The zero-order valence-corrected chi connectivity index (χ0v) is 11.5. The Morgan fingerprint density at radius 1 is 0.947 bits per heavy atom. The number of ether oxygens (including phenoxy) is 2. The lowest BCUT2D eigenvalue weighted by molar-refractivity contribution is 0.401. The second-order valence-electron chi connectivity index (χ2n) is 4.28. The average molecular weight is 259 g/mol. The molecule has 2 rings (SSSR count). The minimum atomic E-state index is 0.434. The summed E-state index contributed by atoms with van der Waals surface area (Å²) in [4.78, 5) is 8.64. The highest BCUT2D eigenvalue weighted by atomic mass is 16.5. The van der Waals surface area contributed by atoms with Gasteiger partial charge in [0.1, 0.15) is 17.3 Å². The molecular weight excluding hydrogens is 242 g/mol. The lowest BCUT2D eigenvalue weighted by Crippen LogP contribution is -2.00. The fourth-order valence-corrected chi connectivity index (χ4v) is 1.94. The van der Waals surface area contributed by atoms with E-state index in [1.54, 1.807) is 20.3 Å². The molecule has 0 fully saturated rings. The number of nitrogen functional groups attached to an aromatic ring is 1.